The lowest BCUT2D eigenvalue weighted by Crippen LogP contribution is -2.41. The molecule has 2 aliphatic rings. The number of aliphatic imine (C=N–C) groups is 2. The Balaban J connectivity index is 0.000000550. The van der Waals surface area contributed by atoms with Gasteiger partial charge in [0.05, 0.1) is 0 Å². The first kappa shape index (κ1) is 44.2. The van der Waals surface area contributed by atoms with E-state index in [1.807, 2.05) is 0 Å². The maximum absolute atomic E-state index is 12.0. The lowest BCUT2D eigenvalue weighted by Gasteiger charge is -2.21. The van der Waals surface area contributed by atoms with E-state index in [-0.39, 0.29) is 47.6 Å². The molecular formula is C26H28F6N20O6. The standard InChI is InChI=1S/C22H26N20O2.2C2HF3O2/c1-7-11(43)31-15(27)41(7)21-37-17(35-19(39-21)33-13(23)24)29-9-3-5-10(6-4-9)30-18-36-20(34-14(25)26)40-22(38-18)42-8(2)12(44)32-16(42)28;2*3-2(4,5)1(6)7/h3-8H,1-2H3,(H2,27,31,43)(H2,28,32,44)(H5,23,24,29,33,35,37,39)(H5,25,26,30,34,36,38,40);2*(H,6,7). The zero-order valence-corrected chi connectivity index (χ0v) is 29.0. The molecule has 0 radical (unpaired) electrons. The van der Waals surface area contributed by atoms with Crippen LogP contribution in [0.1, 0.15) is 13.8 Å². The van der Waals surface area contributed by atoms with E-state index in [4.69, 9.17) is 53.6 Å². The third kappa shape index (κ3) is 11.9. The van der Waals surface area contributed by atoms with Gasteiger partial charge in [0.25, 0.3) is 11.8 Å². The molecule has 0 spiro atoms. The van der Waals surface area contributed by atoms with Crippen LogP contribution in [0.15, 0.2) is 34.3 Å². The van der Waals surface area contributed by atoms with Gasteiger partial charge in [0, 0.05) is 11.4 Å². The molecule has 0 saturated carbocycles. The number of carbonyl (C=O) groups excluding carboxylic acids is 2. The van der Waals surface area contributed by atoms with Crippen LogP contribution < -0.4 is 54.0 Å². The van der Waals surface area contributed by atoms with Crippen LogP contribution in [0, 0.1) is 10.8 Å². The van der Waals surface area contributed by atoms with Gasteiger partial charge in [-0.15, -0.1) is 0 Å². The van der Waals surface area contributed by atoms with Gasteiger partial charge in [-0.25, -0.2) is 9.59 Å². The van der Waals surface area contributed by atoms with Crippen LogP contribution in [0.2, 0.25) is 0 Å². The first-order chi connectivity index (χ1) is 26.8. The minimum absolute atomic E-state index is 0.00412. The fraction of sp³-hybridized carbons (Fsp3) is 0.231. The third-order valence-electron chi connectivity index (χ3n) is 6.49. The van der Waals surface area contributed by atoms with Gasteiger partial charge in [-0.2, -0.15) is 66.2 Å². The van der Waals surface area contributed by atoms with Crippen molar-refractivity contribution in [3.8, 4) is 0 Å². The Hall–Kier alpha value is -8.22. The summed E-state index contributed by atoms with van der Waals surface area (Å²) in [6, 6.07) is 5.24. The molecule has 3 aromatic rings. The Kier molecular flexibility index (Phi) is 13.3. The Morgan fingerprint density at radius 1 is 0.638 bits per heavy atom. The van der Waals surface area contributed by atoms with E-state index < -0.39 is 60.1 Å². The quantitative estimate of drug-likeness (QED) is 0.0774. The molecule has 2 aliphatic heterocycles. The number of rotatable bonds is 8. The van der Waals surface area contributed by atoms with E-state index in [1.54, 1.807) is 38.1 Å². The summed E-state index contributed by atoms with van der Waals surface area (Å²) in [7, 11) is 0. The third-order valence-corrected chi connectivity index (χ3v) is 6.49. The first-order valence-corrected chi connectivity index (χ1v) is 15.1. The second-order valence-corrected chi connectivity index (χ2v) is 10.8. The van der Waals surface area contributed by atoms with E-state index in [0.717, 1.165) is 0 Å². The van der Waals surface area contributed by atoms with Crippen molar-refractivity contribution in [2.45, 2.75) is 38.3 Å². The highest BCUT2D eigenvalue weighted by atomic mass is 19.4. The first-order valence-electron chi connectivity index (χ1n) is 15.1. The highest BCUT2D eigenvalue weighted by molar-refractivity contribution is 6.12. The molecule has 5 rings (SSSR count). The summed E-state index contributed by atoms with van der Waals surface area (Å²) in [6.07, 6.45) is -10.2. The van der Waals surface area contributed by atoms with Crippen LogP contribution in [-0.4, -0.2) is 112 Å². The fourth-order valence-electron chi connectivity index (χ4n) is 3.99. The topological polar surface area (TPSA) is 417 Å². The molecule has 2 aromatic heterocycles. The van der Waals surface area contributed by atoms with Gasteiger partial charge >= 0.3 is 24.3 Å². The average Bonchev–Trinajstić information content (AvgIpc) is 3.49. The lowest BCUT2D eigenvalue weighted by atomic mass is 10.3. The molecule has 0 fully saturated rings. The summed E-state index contributed by atoms with van der Waals surface area (Å²) in [6.45, 7) is 3.18. The van der Waals surface area contributed by atoms with Crippen LogP contribution >= 0.6 is 0 Å². The number of aliphatic carboxylic acids is 2. The van der Waals surface area contributed by atoms with Crippen LogP contribution in [0.3, 0.4) is 0 Å². The minimum Gasteiger partial charge on any atom is -0.475 e. The van der Waals surface area contributed by atoms with E-state index in [1.165, 1.54) is 9.80 Å². The van der Waals surface area contributed by atoms with E-state index in [0.29, 0.717) is 11.4 Å². The molecule has 0 saturated heterocycles. The van der Waals surface area contributed by atoms with E-state index >= 15 is 0 Å². The van der Waals surface area contributed by atoms with Crippen molar-refractivity contribution < 1.29 is 55.7 Å². The van der Waals surface area contributed by atoms with Gasteiger partial charge in [0.1, 0.15) is 12.1 Å². The maximum atomic E-state index is 12.0. The summed E-state index contributed by atoms with van der Waals surface area (Å²) < 4.78 is 63.5. The number of nitrogens with zero attached hydrogens (tertiary/aromatic N) is 10. The van der Waals surface area contributed by atoms with Crippen molar-refractivity contribution in [1.29, 1.82) is 10.8 Å². The SMILES string of the molecule is CC1C(=O)N=C(N)N1c1nc(NC(=N)N)nc(Nc2ccc(Nc3nc(NC(=N)N)nc(N4C(N)=NC(=O)C4C)n3)cc2)n1.O=C(O)C(F)(F)F.O=C(O)C(F)(F)F. The fourth-order valence-corrected chi connectivity index (χ4v) is 3.99. The summed E-state index contributed by atoms with van der Waals surface area (Å²) in [5, 5.41) is 40.3. The number of halogens is 6. The molecular weight excluding hydrogens is 802 g/mol. The maximum Gasteiger partial charge on any atom is 0.490 e. The second-order valence-electron chi connectivity index (χ2n) is 10.8. The van der Waals surface area contributed by atoms with Crippen LogP contribution in [0.4, 0.5) is 73.4 Å². The number of benzene rings is 1. The highest BCUT2D eigenvalue weighted by Gasteiger charge is 2.39. The van der Waals surface area contributed by atoms with Crippen molar-refractivity contribution in [3.05, 3.63) is 24.3 Å². The van der Waals surface area contributed by atoms with Gasteiger partial charge in [-0.05, 0) is 38.1 Å². The number of carbonyl (C=O) groups is 4. The molecule has 0 aliphatic carbocycles. The number of hydrogen-bond acceptors (Lipinski definition) is 18. The number of hydrogen-bond donors (Lipinski definition) is 12. The highest BCUT2D eigenvalue weighted by Crippen LogP contribution is 2.25. The van der Waals surface area contributed by atoms with Crippen molar-refractivity contribution in [3.63, 3.8) is 0 Å². The lowest BCUT2D eigenvalue weighted by molar-refractivity contribution is -0.193. The number of nitrogens with one attached hydrogen (secondary N) is 6. The molecule has 4 heterocycles. The molecule has 310 valence electrons. The number of guanidine groups is 4. The normalized spacial score (nSPS) is 16.1. The van der Waals surface area contributed by atoms with Crippen LogP contribution in [0.5, 0.6) is 0 Å². The van der Waals surface area contributed by atoms with Crippen LogP contribution in [-0.2, 0) is 19.2 Å². The van der Waals surface area contributed by atoms with Crippen molar-refractivity contribution in [2.75, 3.05) is 31.1 Å². The van der Waals surface area contributed by atoms with Crippen LogP contribution in [0.25, 0.3) is 0 Å². The minimum atomic E-state index is -5.08. The van der Waals surface area contributed by atoms with Gasteiger partial charge < -0.3 is 43.8 Å². The molecule has 2 amide bonds. The number of alkyl halides is 6. The summed E-state index contributed by atoms with van der Waals surface area (Å²) in [4.78, 5) is 77.5. The molecule has 16 N–H and O–H groups in total. The van der Waals surface area contributed by atoms with Gasteiger partial charge in [0.2, 0.25) is 47.6 Å². The van der Waals surface area contributed by atoms with E-state index in [2.05, 4.69) is 61.2 Å². The number of carboxylic acid groups (broad SMARTS) is 2. The smallest absolute Gasteiger partial charge is 0.475 e. The Morgan fingerprint density at radius 2 is 0.914 bits per heavy atom. The summed E-state index contributed by atoms with van der Waals surface area (Å²) >= 11 is 0. The molecule has 58 heavy (non-hydrogen) atoms. The summed E-state index contributed by atoms with van der Waals surface area (Å²) in [5.41, 5.74) is 23.8. The number of nitrogens with two attached hydrogens (primary N) is 4. The summed E-state index contributed by atoms with van der Waals surface area (Å²) in [5.74, 6) is -7.48. The average molecular weight is 831 g/mol. The van der Waals surface area contributed by atoms with Crippen molar-refractivity contribution >= 4 is 94.7 Å². The number of anilines is 8. The molecule has 1 aromatic carbocycles. The Bertz CT molecular complexity index is 2020. The Labute approximate surface area is 317 Å². The monoisotopic (exact) mass is 830 g/mol. The predicted molar refractivity (Wildman–Crippen MR) is 188 cm³/mol. The predicted octanol–water partition coefficient (Wildman–Crippen LogP) is -0.479. The number of amides is 2. The molecule has 32 heteroatoms. The molecule has 0 bridgehead atoms. The molecule has 2 atom stereocenters. The Morgan fingerprint density at radius 3 is 1.14 bits per heavy atom. The molecule has 2 unspecified atom stereocenters. The number of carboxylic acids is 2. The second kappa shape index (κ2) is 17.5. The van der Waals surface area contributed by atoms with Gasteiger partial charge in [-0.3, -0.25) is 40.8 Å². The van der Waals surface area contributed by atoms with Gasteiger partial charge in [0.15, 0.2) is 11.9 Å². The molecule has 26 nitrogen and oxygen atoms in total. The zero-order valence-electron chi connectivity index (χ0n) is 29.0. The van der Waals surface area contributed by atoms with E-state index in [9.17, 15) is 35.9 Å². The van der Waals surface area contributed by atoms with Crippen molar-refractivity contribution in [1.82, 2.24) is 29.9 Å². The van der Waals surface area contributed by atoms with Crippen molar-refractivity contribution in [2.24, 2.45) is 32.9 Å². The zero-order chi connectivity index (χ0) is 43.9. The number of aromatic nitrogens is 6. The van der Waals surface area contributed by atoms with Gasteiger partial charge in [-0.1, -0.05) is 0 Å². The largest absolute Gasteiger partial charge is 0.490 e.